The molecule has 0 aliphatic heterocycles. The SMILES string of the molecule is CCc1ccc(C(C)NCC2(SC)CCCCC2)s1. The lowest BCUT2D eigenvalue weighted by atomic mass is 9.88. The Balaban J connectivity index is 1.89. The minimum atomic E-state index is 0.497. The summed E-state index contributed by atoms with van der Waals surface area (Å²) in [4.78, 5) is 2.99. The van der Waals surface area contributed by atoms with E-state index in [2.05, 4.69) is 49.3 Å². The average Bonchev–Trinajstić information content (AvgIpc) is 2.95. The minimum absolute atomic E-state index is 0.497. The Kier molecular flexibility index (Phi) is 5.79. The zero-order valence-corrected chi connectivity index (χ0v) is 14.1. The molecule has 1 nitrogen and oxygen atoms in total. The molecule has 1 N–H and O–H groups in total. The smallest absolute Gasteiger partial charge is 0.0386 e. The Labute approximate surface area is 126 Å². The molecule has 0 radical (unpaired) electrons. The standard InChI is InChI=1S/C16H27NS2/c1-4-14-8-9-15(19-14)13(2)17-12-16(18-3)10-6-5-7-11-16/h8-9,13,17H,4-7,10-12H2,1-3H3. The molecule has 1 saturated carbocycles. The first-order valence-electron chi connectivity index (χ1n) is 7.56. The van der Waals surface area contributed by atoms with Crippen LogP contribution in [0, 0.1) is 0 Å². The Morgan fingerprint density at radius 2 is 2.05 bits per heavy atom. The van der Waals surface area contributed by atoms with Gasteiger partial charge in [0.25, 0.3) is 0 Å². The van der Waals surface area contributed by atoms with Crippen molar-refractivity contribution >= 4 is 23.1 Å². The van der Waals surface area contributed by atoms with Gasteiger partial charge in [0.1, 0.15) is 0 Å². The van der Waals surface area contributed by atoms with Gasteiger partial charge in [-0.25, -0.2) is 0 Å². The predicted molar refractivity (Wildman–Crippen MR) is 89.4 cm³/mol. The zero-order chi connectivity index (χ0) is 13.7. The van der Waals surface area contributed by atoms with Crippen LogP contribution in [0.1, 0.15) is 61.7 Å². The van der Waals surface area contributed by atoms with E-state index < -0.39 is 0 Å². The van der Waals surface area contributed by atoms with Gasteiger partial charge in [-0.3, -0.25) is 0 Å². The van der Waals surface area contributed by atoms with E-state index in [1.165, 1.54) is 41.9 Å². The van der Waals surface area contributed by atoms with E-state index in [0.717, 1.165) is 13.0 Å². The fraction of sp³-hybridized carbons (Fsp3) is 0.750. The Morgan fingerprint density at radius 3 is 2.63 bits per heavy atom. The summed E-state index contributed by atoms with van der Waals surface area (Å²) in [6.07, 6.45) is 10.5. The first-order chi connectivity index (χ1) is 9.19. The summed E-state index contributed by atoms with van der Waals surface area (Å²) in [6, 6.07) is 5.08. The number of rotatable bonds is 6. The molecule has 19 heavy (non-hydrogen) atoms. The molecule has 1 atom stereocenters. The third-order valence-corrected chi connectivity index (χ3v) is 7.22. The normalized spacial score (nSPS) is 20.4. The second-order valence-electron chi connectivity index (χ2n) is 5.71. The Hall–Kier alpha value is 0.01000. The fourth-order valence-corrected chi connectivity index (χ4v) is 4.81. The molecule has 3 heteroatoms. The molecule has 1 aromatic rings. The summed E-state index contributed by atoms with van der Waals surface area (Å²) in [5, 5.41) is 3.79. The maximum Gasteiger partial charge on any atom is 0.0386 e. The van der Waals surface area contributed by atoms with Crippen LogP contribution in [0.2, 0.25) is 0 Å². The van der Waals surface area contributed by atoms with Crippen molar-refractivity contribution in [2.45, 2.75) is 63.2 Å². The predicted octanol–water partition coefficient (Wildman–Crippen LogP) is 5.03. The lowest BCUT2D eigenvalue weighted by Gasteiger charge is -2.36. The van der Waals surface area contributed by atoms with Gasteiger partial charge in [0.05, 0.1) is 0 Å². The molecule has 0 amide bonds. The molecular formula is C16H27NS2. The lowest BCUT2D eigenvalue weighted by molar-refractivity contribution is 0.368. The van der Waals surface area contributed by atoms with E-state index in [0.29, 0.717) is 10.8 Å². The number of hydrogen-bond acceptors (Lipinski definition) is 3. The summed E-state index contributed by atoms with van der Waals surface area (Å²) in [6.45, 7) is 5.70. The average molecular weight is 298 g/mol. The quantitative estimate of drug-likeness (QED) is 0.790. The molecule has 108 valence electrons. The van der Waals surface area contributed by atoms with Crippen molar-refractivity contribution in [1.82, 2.24) is 5.32 Å². The van der Waals surface area contributed by atoms with Gasteiger partial charge in [0, 0.05) is 27.1 Å². The summed E-state index contributed by atoms with van der Waals surface area (Å²) in [7, 11) is 0. The van der Waals surface area contributed by atoms with Crippen molar-refractivity contribution in [3.8, 4) is 0 Å². The number of aryl methyl sites for hydroxylation is 1. The molecular weight excluding hydrogens is 270 g/mol. The van der Waals surface area contributed by atoms with Crippen LogP contribution >= 0.6 is 23.1 Å². The highest BCUT2D eigenvalue weighted by molar-refractivity contribution is 8.00. The Bertz CT molecular complexity index is 380. The van der Waals surface area contributed by atoms with Crippen LogP contribution in [0.15, 0.2) is 12.1 Å². The molecule has 0 aromatic carbocycles. The molecule has 0 spiro atoms. The third kappa shape index (κ3) is 3.99. The molecule has 1 aromatic heterocycles. The summed E-state index contributed by atoms with van der Waals surface area (Å²) < 4.78 is 0.497. The van der Waals surface area contributed by atoms with Crippen LogP contribution in [-0.4, -0.2) is 17.5 Å². The topological polar surface area (TPSA) is 12.0 Å². The second kappa shape index (κ2) is 7.14. The number of thiophene rings is 1. The summed E-state index contributed by atoms with van der Waals surface area (Å²) in [5.41, 5.74) is 0. The molecule has 1 fully saturated rings. The molecule has 1 heterocycles. The lowest BCUT2D eigenvalue weighted by Crippen LogP contribution is -2.40. The van der Waals surface area contributed by atoms with E-state index in [1.54, 1.807) is 0 Å². The van der Waals surface area contributed by atoms with Crippen molar-refractivity contribution in [1.29, 1.82) is 0 Å². The van der Waals surface area contributed by atoms with Crippen LogP contribution in [0.25, 0.3) is 0 Å². The summed E-state index contributed by atoms with van der Waals surface area (Å²) in [5.74, 6) is 0. The van der Waals surface area contributed by atoms with Gasteiger partial charge in [-0.15, -0.1) is 11.3 Å². The third-order valence-electron chi connectivity index (χ3n) is 4.39. The molecule has 0 saturated heterocycles. The molecule has 1 unspecified atom stereocenters. The minimum Gasteiger partial charge on any atom is -0.308 e. The van der Waals surface area contributed by atoms with Crippen molar-refractivity contribution in [3.05, 3.63) is 21.9 Å². The molecule has 2 rings (SSSR count). The van der Waals surface area contributed by atoms with Gasteiger partial charge >= 0.3 is 0 Å². The van der Waals surface area contributed by atoms with E-state index in [9.17, 15) is 0 Å². The maximum atomic E-state index is 3.79. The summed E-state index contributed by atoms with van der Waals surface area (Å²) >= 11 is 4.05. The first-order valence-corrected chi connectivity index (χ1v) is 9.60. The van der Waals surface area contributed by atoms with E-state index in [1.807, 2.05) is 11.3 Å². The number of hydrogen-bond donors (Lipinski definition) is 1. The first kappa shape index (κ1) is 15.4. The van der Waals surface area contributed by atoms with E-state index >= 15 is 0 Å². The highest BCUT2D eigenvalue weighted by Crippen LogP contribution is 2.38. The highest BCUT2D eigenvalue weighted by atomic mass is 32.2. The number of nitrogens with one attached hydrogen (secondary N) is 1. The van der Waals surface area contributed by atoms with Gasteiger partial charge in [0.2, 0.25) is 0 Å². The van der Waals surface area contributed by atoms with Crippen LogP contribution < -0.4 is 5.32 Å². The van der Waals surface area contributed by atoms with Gasteiger partial charge in [0.15, 0.2) is 0 Å². The van der Waals surface area contributed by atoms with Gasteiger partial charge in [-0.2, -0.15) is 11.8 Å². The maximum absolute atomic E-state index is 3.79. The van der Waals surface area contributed by atoms with Crippen molar-refractivity contribution in [3.63, 3.8) is 0 Å². The second-order valence-corrected chi connectivity index (χ2v) is 8.18. The van der Waals surface area contributed by atoms with Crippen molar-refractivity contribution in [2.24, 2.45) is 0 Å². The number of thioether (sulfide) groups is 1. The zero-order valence-electron chi connectivity index (χ0n) is 12.5. The van der Waals surface area contributed by atoms with Gasteiger partial charge in [-0.1, -0.05) is 26.2 Å². The van der Waals surface area contributed by atoms with Gasteiger partial charge < -0.3 is 5.32 Å². The van der Waals surface area contributed by atoms with E-state index in [-0.39, 0.29) is 0 Å². The Morgan fingerprint density at radius 1 is 1.32 bits per heavy atom. The fourth-order valence-electron chi connectivity index (χ4n) is 2.91. The van der Waals surface area contributed by atoms with Crippen LogP contribution in [0.4, 0.5) is 0 Å². The van der Waals surface area contributed by atoms with E-state index in [4.69, 9.17) is 0 Å². The van der Waals surface area contributed by atoms with Crippen molar-refractivity contribution < 1.29 is 0 Å². The van der Waals surface area contributed by atoms with Crippen LogP contribution in [0.3, 0.4) is 0 Å². The van der Waals surface area contributed by atoms with Crippen molar-refractivity contribution in [2.75, 3.05) is 12.8 Å². The molecule has 1 aliphatic rings. The van der Waals surface area contributed by atoms with Crippen LogP contribution in [-0.2, 0) is 6.42 Å². The molecule has 0 bridgehead atoms. The molecule has 1 aliphatic carbocycles. The monoisotopic (exact) mass is 297 g/mol. The highest BCUT2D eigenvalue weighted by Gasteiger charge is 2.31. The largest absolute Gasteiger partial charge is 0.308 e. The van der Waals surface area contributed by atoms with Gasteiger partial charge in [-0.05, 0) is 44.6 Å². The van der Waals surface area contributed by atoms with Crippen LogP contribution in [0.5, 0.6) is 0 Å².